The van der Waals surface area contributed by atoms with Crippen LogP contribution in [0, 0.1) is 0 Å². The number of carbonyl (C=O) groups is 1. The van der Waals surface area contributed by atoms with Gasteiger partial charge in [-0.05, 0) is 100 Å². The Balaban J connectivity index is 1.22. The van der Waals surface area contributed by atoms with Crippen molar-refractivity contribution in [3.05, 3.63) is 106 Å². The van der Waals surface area contributed by atoms with E-state index in [0.717, 1.165) is 56.5 Å². The van der Waals surface area contributed by atoms with Crippen molar-refractivity contribution in [2.45, 2.75) is 25.4 Å². The number of methoxy groups -OCH3 is 1. The van der Waals surface area contributed by atoms with Crippen molar-refractivity contribution in [1.82, 2.24) is 34.2 Å². The third-order valence-electron chi connectivity index (χ3n) is 8.33. The number of hydrogen-bond acceptors (Lipinski definition) is 7. The average Bonchev–Trinajstić information content (AvgIpc) is 3.82. The van der Waals surface area contributed by atoms with Crippen LogP contribution in [0.1, 0.15) is 39.5 Å². The first-order chi connectivity index (χ1) is 21.0. The average molecular weight is 634 g/mol. The molecule has 10 nitrogen and oxygen atoms in total. The van der Waals surface area contributed by atoms with E-state index in [1.165, 1.54) is 5.56 Å². The minimum absolute atomic E-state index is 0.00812. The second-order valence-corrected chi connectivity index (χ2v) is 11.5. The lowest BCUT2D eigenvalue weighted by Crippen LogP contribution is -2.27. The number of hydrogen-bond donors (Lipinski definition) is 1. The van der Waals surface area contributed by atoms with Gasteiger partial charge < -0.3 is 15.4 Å². The van der Waals surface area contributed by atoms with Crippen LogP contribution < -0.4 is 10.5 Å². The van der Waals surface area contributed by atoms with E-state index < -0.39 is 0 Å². The lowest BCUT2D eigenvalue weighted by atomic mass is 10.1. The summed E-state index contributed by atoms with van der Waals surface area (Å²) in [5.74, 6) is 2.51. The lowest BCUT2D eigenvalue weighted by molar-refractivity contribution is 0.0701. The number of benzene rings is 2. The molecule has 0 saturated carbocycles. The van der Waals surface area contributed by atoms with Crippen molar-refractivity contribution in [3.63, 3.8) is 0 Å². The first-order valence-electron chi connectivity index (χ1n) is 13.9. The molecule has 1 unspecified atom stereocenters. The zero-order chi connectivity index (χ0) is 29.2. The fraction of sp³-hybridized carbons (Fsp3) is 0.156. The van der Waals surface area contributed by atoms with E-state index in [-0.39, 0.29) is 11.9 Å². The number of nitrogens with two attached hydrogens (primary N) is 1. The summed E-state index contributed by atoms with van der Waals surface area (Å²) in [6, 6.07) is 19.7. The minimum atomic E-state index is -0.00812. The fourth-order valence-electron chi connectivity index (χ4n) is 6.30. The molecule has 8 rings (SSSR count). The van der Waals surface area contributed by atoms with Crippen molar-refractivity contribution in [3.8, 4) is 28.6 Å². The lowest BCUT2D eigenvalue weighted by Gasteiger charge is -2.25. The van der Waals surface area contributed by atoms with E-state index in [4.69, 9.17) is 20.4 Å². The maximum Gasteiger partial charge on any atom is 0.255 e. The Morgan fingerprint density at radius 1 is 1.00 bits per heavy atom. The molecule has 2 N–H and O–H groups in total. The van der Waals surface area contributed by atoms with E-state index >= 15 is 0 Å². The number of carbonyl (C=O) groups excluding carboxylic acids is 1. The smallest absolute Gasteiger partial charge is 0.255 e. The highest BCUT2D eigenvalue weighted by atomic mass is 79.9. The Bertz CT molecular complexity index is 2070. The summed E-state index contributed by atoms with van der Waals surface area (Å²) in [4.78, 5) is 29.7. The molecule has 0 bridgehead atoms. The molecule has 0 spiro atoms. The van der Waals surface area contributed by atoms with Crippen LogP contribution in [-0.4, -0.2) is 47.2 Å². The van der Waals surface area contributed by atoms with Gasteiger partial charge in [-0.15, -0.1) is 0 Å². The van der Waals surface area contributed by atoms with Crippen molar-refractivity contribution >= 4 is 38.8 Å². The third-order valence-corrected chi connectivity index (χ3v) is 8.94. The predicted octanol–water partition coefficient (Wildman–Crippen LogP) is 5.66. The SMILES string of the molecule is COc1cc2c(cc1Br)C(=O)N(C1CCc3cc(-n4c(-c5cccnc5N)nc5ccc(-n6cccn6)nc54)ccc31)C2. The summed E-state index contributed by atoms with van der Waals surface area (Å²) in [5, 5.41) is 4.36. The zero-order valence-corrected chi connectivity index (χ0v) is 24.7. The molecule has 5 heterocycles. The summed E-state index contributed by atoms with van der Waals surface area (Å²) in [6.45, 7) is 0.556. The molecular weight excluding hydrogens is 608 g/mol. The predicted molar refractivity (Wildman–Crippen MR) is 165 cm³/mol. The third kappa shape index (κ3) is 4.03. The zero-order valence-electron chi connectivity index (χ0n) is 23.1. The van der Waals surface area contributed by atoms with Crippen LogP contribution in [0.25, 0.3) is 34.1 Å². The maximum absolute atomic E-state index is 13.5. The van der Waals surface area contributed by atoms with E-state index in [9.17, 15) is 4.79 Å². The highest BCUT2D eigenvalue weighted by Gasteiger charge is 2.37. The number of aromatic nitrogens is 6. The number of amides is 1. The van der Waals surface area contributed by atoms with Gasteiger partial charge in [-0.1, -0.05) is 6.07 Å². The van der Waals surface area contributed by atoms with Gasteiger partial charge >= 0.3 is 0 Å². The van der Waals surface area contributed by atoms with Crippen LogP contribution in [0.4, 0.5) is 5.82 Å². The number of nitrogen functional groups attached to an aromatic ring is 1. The highest BCUT2D eigenvalue weighted by molar-refractivity contribution is 9.10. The van der Waals surface area contributed by atoms with E-state index in [2.05, 4.69) is 44.2 Å². The van der Waals surface area contributed by atoms with E-state index in [1.54, 1.807) is 24.2 Å². The molecule has 0 fully saturated rings. The Morgan fingerprint density at radius 2 is 1.91 bits per heavy atom. The number of ether oxygens (including phenoxy) is 1. The molecule has 1 aliphatic carbocycles. The van der Waals surface area contributed by atoms with Crippen molar-refractivity contribution in [1.29, 1.82) is 0 Å². The van der Waals surface area contributed by atoms with Crippen molar-refractivity contribution in [2.24, 2.45) is 0 Å². The van der Waals surface area contributed by atoms with Gasteiger partial charge in [-0.25, -0.2) is 19.6 Å². The van der Waals surface area contributed by atoms with Crippen LogP contribution in [0.2, 0.25) is 0 Å². The van der Waals surface area contributed by atoms with Crippen molar-refractivity contribution in [2.75, 3.05) is 12.8 Å². The molecule has 1 atom stereocenters. The van der Waals surface area contributed by atoms with Gasteiger partial charge in [0, 0.05) is 36.4 Å². The topological polar surface area (TPSA) is 117 Å². The Morgan fingerprint density at radius 3 is 2.72 bits per heavy atom. The number of imidazole rings is 1. The van der Waals surface area contributed by atoms with Gasteiger partial charge in [0.25, 0.3) is 5.91 Å². The first kappa shape index (κ1) is 25.7. The second kappa shape index (κ2) is 9.77. The Hall–Kier alpha value is -5.03. The second-order valence-electron chi connectivity index (χ2n) is 10.7. The number of fused-ring (bicyclic) bond motifs is 3. The summed E-state index contributed by atoms with van der Waals surface area (Å²) >= 11 is 3.53. The van der Waals surface area contributed by atoms with Crippen molar-refractivity contribution < 1.29 is 9.53 Å². The van der Waals surface area contributed by atoms with Gasteiger partial charge in [0.05, 0.1) is 23.2 Å². The van der Waals surface area contributed by atoms with Gasteiger partial charge in [-0.3, -0.25) is 9.36 Å². The number of anilines is 1. The maximum atomic E-state index is 13.5. The molecule has 4 aromatic heterocycles. The van der Waals surface area contributed by atoms with E-state index in [0.29, 0.717) is 29.7 Å². The summed E-state index contributed by atoms with van der Waals surface area (Å²) in [7, 11) is 1.64. The van der Waals surface area contributed by atoms with E-state index in [1.807, 2.05) is 58.1 Å². The monoisotopic (exact) mass is 632 g/mol. The number of halogens is 1. The number of rotatable bonds is 5. The van der Waals surface area contributed by atoms with Gasteiger partial charge in [0.2, 0.25) is 0 Å². The van der Waals surface area contributed by atoms with Crippen LogP contribution in [-0.2, 0) is 13.0 Å². The van der Waals surface area contributed by atoms with Gasteiger partial charge in [0.15, 0.2) is 17.3 Å². The quantitative estimate of drug-likeness (QED) is 0.260. The standard InChI is InChI=1S/C32H25BrN8O2/c1-43-27-15-19-17-39(32(42)23(19)16-24(27)33)26-9-5-18-14-20(6-7-21(18)26)41-30(22-4-2-11-35-29(22)34)37-25-8-10-28(38-31(25)41)40-13-3-12-36-40/h2-4,6-8,10-16,26H,5,9,17H2,1H3,(H2,34,35). The van der Waals surface area contributed by atoms with Gasteiger partial charge in [-0.2, -0.15) is 5.10 Å². The molecule has 212 valence electrons. The molecule has 6 aromatic rings. The molecule has 2 aromatic carbocycles. The minimum Gasteiger partial charge on any atom is -0.496 e. The molecule has 0 radical (unpaired) electrons. The molecule has 1 aliphatic heterocycles. The largest absolute Gasteiger partial charge is 0.496 e. The normalized spacial score (nSPS) is 15.7. The first-order valence-corrected chi connectivity index (χ1v) is 14.7. The fourth-order valence-corrected chi connectivity index (χ4v) is 6.80. The van der Waals surface area contributed by atoms with Gasteiger partial charge in [0.1, 0.15) is 17.1 Å². The molecule has 1 amide bonds. The molecular formula is C32H25BrN8O2. The highest BCUT2D eigenvalue weighted by Crippen LogP contribution is 2.43. The van der Waals surface area contributed by atoms with Crippen LogP contribution >= 0.6 is 15.9 Å². The molecule has 11 heteroatoms. The van der Waals surface area contributed by atoms with Crippen LogP contribution in [0.15, 0.2) is 83.7 Å². The molecule has 0 saturated heterocycles. The molecule has 43 heavy (non-hydrogen) atoms. The number of nitrogens with zero attached hydrogens (tertiary/aromatic N) is 7. The summed E-state index contributed by atoms with van der Waals surface area (Å²) in [5.41, 5.74) is 13.4. The summed E-state index contributed by atoms with van der Waals surface area (Å²) < 4.78 is 10.0. The number of pyridine rings is 2. The van der Waals surface area contributed by atoms with Crippen LogP contribution in [0.3, 0.4) is 0 Å². The number of aryl methyl sites for hydroxylation is 1. The molecule has 2 aliphatic rings. The van der Waals surface area contributed by atoms with Crippen LogP contribution in [0.5, 0.6) is 5.75 Å². The Kier molecular flexibility index (Phi) is 5.83. The Labute approximate surface area is 254 Å². The summed E-state index contributed by atoms with van der Waals surface area (Å²) in [6.07, 6.45) is 6.95.